The number of hydrogen-bond acceptors (Lipinski definition) is 6. The van der Waals surface area contributed by atoms with Crippen LogP contribution in [-0.4, -0.2) is 48.4 Å². The number of amides is 1. The number of nitrogens with zero attached hydrogens (tertiary/aromatic N) is 6. The maximum absolute atomic E-state index is 13.8. The zero-order valence-electron chi connectivity index (χ0n) is 16.2. The molecule has 12 heteroatoms. The second kappa shape index (κ2) is 9.40. The molecular weight excluding hydrogens is 435 g/mol. The van der Waals surface area contributed by atoms with Crippen molar-refractivity contribution in [2.45, 2.75) is 32.0 Å². The number of nitrogens with two attached hydrogens (primary N) is 1. The summed E-state index contributed by atoms with van der Waals surface area (Å²) in [5, 5.41) is 8.24. The van der Waals surface area contributed by atoms with Gasteiger partial charge in [0.05, 0.1) is 25.0 Å². The van der Waals surface area contributed by atoms with Crippen LogP contribution in [0, 0.1) is 17.5 Å². The molecule has 3 heterocycles. The lowest BCUT2D eigenvalue weighted by molar-refractivity contribution is -0.133. The molecule has 2 aromatic heterocycles. The molecule has 3 aromatic rings. The molecule has 1 amide bonds. The van der Waals surface area contributed by atoms with Crippen LogP contribution in [0.1, 0.15) is 17.7 Å². The summed E-state index contributed by atoms with van der Waals surface area (Å²) in [7, 11) is 0. The standard InChI is InChI=1S/C19H18F3N7O.ClH/c20-13-8-15(22)14(21)6-11(13)5-12(23)7-18(30)28-3-4-29-17(10-28)19(26-27-29)16-9-24-1-2-25-16;/h1-2,6,8-9,12H,3-5,7,10,23H2;1H/t12-;/m1./s1. The highest BCUT2D eigenvalue weighted by atomic mass is 35.5. The van der Waals surface area contributed by atoms with E-state index in [-0.39, 0.29) is 43.3 Å². The zero-order chi connectivity index (χ0) is 21.3. The van der Waals surface area contributed by atoms with Gasteiger partial charge in [-0.25, -0.2) is 17.9 Å². The van der Waals surface area contributed by atoms with Crippen molar-refractivity contribution in [1.29, 1.82) is 0 Å². The van der Waals surface area contributed by atoms with E-state index in [4.69, 9.17) is 5.73 Å². The molecule has 164 valence electrons. The van der Waals surface area contributed by atoms with Gasteiger partial charge in [0.1, 0.15) is 17.2 Å². The molecule has 31 heavy (non-hydrogen) atoms. The summed E-state index contributed by atoms with van der Waals surface area (Å²) in [6.07, 6.45) is 4.50. The maximum Gasteiger partial charge on any atom is 0.224 e. The van der Waals surface area contributed by atoms with Crippen molar-refractivity contribution in [2.24, 2.45) is 5.73 Å². The van der Waals surface area contributed by atoms with Gasteiger partial charge in [-0.15, -0.1) is 17.5 Å². The maximum atomic E-state index is 13.8. The van der Waals surface area contributed by atoms with Crippen LogP contribution in [0.15, 0.2) is 30.7 Å². The van der Waals surface area contributed by atoms with Crippen LogP contribution in [-0.2, 0) is 24.3 Å². The molecule has 1 aliphatic rings. The highest BCUT2D eigenvalue weighted by Gasteiger charge is 2.27. The van der Waals surface area contributed by atoms with E-state index < -0.39 is 23.5 Å². The Morgan fingerprint density at radius 1 is 1.13 bits per heavy atom. The highest BCUT2D eigenvalue weighted by molar-refractivity contribution is 5.85. The molecule has 0 fully saturated rings. The Hall–Kier alpha value is -3.05. The number of carbonyl (C=O) groups is 1. The molecule has 0 bridgehead atoms. The molecule has 0 spiro atoms. The van der Waals surface area contributed by atoms with E-state index in [9.17, 15) is 18.0 Å². The second-order valence-electron chi connectivity index (χ2n) is 7.04. The van der Waals surface area contributed by atoms with Gasteiger partial charge in [-0.3, -0.25) is 14.8 Å². The lowest BCUT2D eigenvalue weighted by Crippen LogP contribution is -2.41. The summed E-state index contributed by atoms with van der Waals surface area (Å²) in [6.45, 7) is 1.15. The van der Waals surface area contributed by atoms with Crippen LogP contribution in [0.2, 0.25) is 0 Å². The summed E-state index contributed by atoms with van der Waals surface area (Å²) in [4.78, 5) is 22.6. The van der Waals surface area contributed by atoms with Crippen LogP contribution in [0.25, 0.3) is 11.4 Å². The molecule has 8 nitrogen and oxygen atoms in total. The monoisotopic (exact) mass is 453 g/mol. The minimum Gasteiger partial charge on any atom is -0.335 e. The topological polar surface area (TPSA) is 103 Å². The van der Waals surface area contributed by atoms with Gasteiger partial charge in [0.25, 0.3) is 0 Å². The van der Waals surface area contributed by atoms with Crippen molar-refractivity contribution in [3.05, 3.63) is 59.4 Å². The van der Waals surface area contributed by atoms with E-state index in [1.165, 1.54) is 0 Å². The normalized spacial score (nSPS) is 14.0. The summed E-state index contributed by atoms with van der Waals surface area (Å²) >= 11 is 0. The van der Waals surface area contributed by atoms with Crippen molar-refractivity contribution < 1.29 is 18.0 Å². The molecule has 2 N–H and O–H groups in total. The van der Waals surface area contributed by atoms with Crippen LogP contribution in [0.3, 0.4) is 0 Å². The highest BCUT2D eigenvalue weighted by Crippen LogP contribution is 2.23. The van der Waals surface area contributed by atoms with Gasteiger partial charge in [0.15, 0.2) is 11.6 Å². The number of aromatic nitrogens is 5. The van der Waals surface area contributed by atoms with Crippen LogP contribution < -0.4 is 5.73 Å². The van der Waals surface area contributed by atoms with Gasteiger partial charge < -0.3 is 10.6 Å². The van der Waals surface area contributed by atoms with Crippen LogP contribution in [0.4, 0.5) is 13.2 Å². The molecule has 0 saturated carbocycles. The first-order chi connectivity index (χ1) is 14.4. The Labute approximate surface area is 181 Å². The van der Waals surface area contributed by atoms with Crippen molar-refractivity contribution >= 4 is 18.3 Å². The largest absolute Gasteiger partial charge is 0.335 e. The van der Waals surface area contributed by atoms with E-state index in [0.29, 0.717) is 30.5 Å². The molecule has 0 unspecified atom stereocenters. The SMILES string of the molecule is Cl.N[C@@H](CC(=O)N1CCn2nnc(-c3cnccn3)c2C1)Cc1cc(F)c(F)cc1F. The molecule has 0 saturated heterocycles. The van der Waals surface area contributed by atoms with Crippen molar-refractivity contribution in [1.82, 2.24) is 29.9 Å². The second-order valence-corrected chi connectivity index (χ2v) is 7.04. The first-order valence-corrected chi connectivity index (χ1v) is 9.28. The van der Waals surface area contributed by atoms with E-state index in [1.54, 1.807) is 28.2 Å². The predicted molar refractivity (Wildman–Crippen MR) is 106 cm³/mol. The average Bonchev–Trinajstić information content (AvgIpc) is 3.16. The van der Waals surface area contributed by atoms with E-state index in [1.807, 2.05) is 0 Å². The van der Waals surface area contributed by atoms with Crippen molar-refractivity contribution in [2.75, 3.05) is 6.54 Å². The van der Waals surface area contributed by atoms with Crippen LogP contribution >= 0.6 is 12.4 Å². The average molecular weight is 454 g/mol. The number of halogens is 4. The minimum absolute atomic E-state index is 0. The zero-order valence-corrected chi connectivity index (χ0v) is 17.0. The number of carbonyl (C=O) groups excluding carboxylic acids is 1. The molecule has 4 rings (SSSR count). The van der Waals surface area contributed by atoms with E-state index in [0.717, 1.165) is 11.8 Å². The first-order valence-electron chi connectivity index (χ1n) is 9.28. The fourth-order valence-electron chi connectivity index (χ4n) is 3.41. The Bertz CT molecular complexity index is 1080. The summed E-state index contributed by atoms with van der Waals surface area (Å²) in [6, 6.07) is 0.500. The van der Waals surface area contributed by atoms with Crippen molar-refractivity contribution in [3.8, 4) is 11.4 Å². The fourth-order valence-corrected chi connectivity index (χ4v) is 3.41. The molecule has 0 aliphatic carbocycles. The summed E-state index contributed by atoms with van der Waals surface area (Å²) in [5.74, 6) is -3.54. The Morgan fingerprint density at radius 2 is 1.90 bits per heavy atom. The van der Waals surface area contributed by atoms with Crippen molar-refractivity contribution in [3.63, 3.8) is 0 Å². The lowest BCUT2D eigenvalue weighted by Gasteiger charge is -2.28. The molecule has 1 aromatic carbocycles. The summed E-state index contributed by atoms with van der Waals surface area (Å²) in [5.41, 5.74) is 7.75. The number of hydrogen-bond donors (Lipinski definition) is 1. The van der Waals surface area contributed by atoms with Gasteiger partial charge in [-0.05, 0) is 18.1 Å². The third-order valence-electron chi connectivity index (χ3n) is 4.93. The lowest BCUT2D eigenvalue weighted by atomic mass is 10.0. The molecular formula is C19H19ClF3N7O. The Morgan fingerprint density at radius 3 is 2.65 bits per heavy atom. The van der Waals surface area contributed by atoms with E-state index in [2.05, 4.69) is 20.3 Å². The quantitative estimate of drug-likeness (QED) is 0.592. The predicted octanol–water partition coefficient (Wildman–Crippen LogP) is 1.88. The van der Waals surface area contributed by atoms with Gasteiger partial charge in [0.2, 0.25) is 5.91 Å². The molecule has 1 atom stereocenters. The van der Waals surface area contributed by atoms with E-state index >= 15 is 0 Å². The minimum atomic E-state index is -1.27. The number of fused-ring (bicyclic) bond motifs is 1. The Kier molecular flexibility index (Phi) is 6.86. The van der Waals surface area contributed by atoms with Gasteiger partial charge in [-0.2, -0.15) is 0 Å². The van der Waals surface area contributed by atoms with Gasteiger partial charge in [0, 0.05) is 37.5 Å². The Balaban J connectivity index is 0.00000272. The summed E-state index contributed by atoms with van der Waals surface area (Å²) < 4.78 is 42.0. The van der Waals surface area contributed by atoms with Gasteiger partial charge in [-0.1, -0.05) is 5.21 Å². The first kappa shape index (κ1) is 22.6. The third-order valence-corrected chi connectivity index (χ3v) is 4.93. The van der Waals surface area contributed by atoms with Gasteiger partial charge >= 0.3 is 0 Å². The third kappa shape index (κ3) is 4.83. The number of benzene rings is 1. The number of rotatable bonds is 5. The molecule has 1 aliphatic heterocycles. The van der Waals surface area contributed by atoms with Crippen LogP contribution in [0.5, 0.6) is 0 Å². The smallest absolute Gasteiger partial charge is 0.224 e. The fraction of sp³-hybridized carbons (Fsp3) is 0.316. The molecule has 0 radical (unpaired) electrons.